The predicted octanol–water partition coefficient (Wildman–Crippen LogP) is 1.14. The van der Waals surface area contributed by atoms with Crippen molar-refractivity contribution in [3.05, 3.63) is 18.3 Å². The first-order chi connectivity index (χ1) is 9.37. The van der Waals surface area contributed by atoms with Crippen LogP contribution in [0.4, 0.5) is 16.3 Å². The molecule has 1 aromatic rings. The molecule has 6 nitrogen and oxygen atoms in total. The number of hydrogen-bond donors (Lipinski definition) is 1. The second-order valence-electron chi connectivity index (χ2n) is 5.93. The van der Waals surface area contributed by atoms with E-state index in [0.29, 0.717) is 13.1 Å². The molecule has 0 aliphatic carbocycles. The molecule has 1 amide bonds. The van der Waals surface area contributed by atoms with Gasteiger partial charge in [0.05, 0.1) is 19.3 Å². The summed E-state index contributed by atoms with van der Waals surface area (Å²) in [4.78, 5) is 19.0. The van der Waals surface area contributed by atoms with Gasteiger partial charge in [0, 0.05) is 0 Å². The normalized spacial score (nSPS) is 16.1. The number of rotatable bonds is 1. The van der Waals surface area contributed by atoms with E-state index in [2.05, 4.69) is 9.88 Å². The first kappa shape index (κ1) is 14.4. The molecule has 3 N–H and O–H groups in total. The Labute approximate surface area is 119 Å². The standard InChI is InChI=1S/C14H22N4O2/c1-14(2,3)20-13(19)18-9-7-17(8-10-18)12-11(15)5-4-6-16-12/h4-6H,7-10,15H2,1-3H3/p+1. The molecule has 1 saturated heterocycles. The summed E-state index contributed by atoms with van der Waals surface area (Å²) in [5.74, 6) is 0.913. The number of carbonyl (C=O) groups excluding carboxylic acids is 1. The summed E-state index contributed by atoms with van der Waals surface area (Å²) in [5, 5.41) is 0. The molecular weight excluding hydrogens is 256 g/mol. The largest absolute Gasteiger partial charge is 0.444 e. The maximum atomic E-state index is 12.0. The number of nitrogens with two attached hydrogens (primary N) is 1. The third-order valence-electron chi connectivity index (χ3n) is 3.11. The molecule has 2 heterocycles. The molecule has 20 heavy (non-hydrogen) atoms. The molecule has 0 aromatic carbocycles. The number of anilines is 2. The fourth-order valence-electron chi connectivity index (χ4n) is 2.15. The maximum Gasteiger partial charge on any atom is 0.410 e. The van der Waals surface area contributed by atoms with Gasteiger partial charge in [0.1, 0.15) is 24.4 Å². The summed E-state index contributed by atoms with van der Waals surface area (Å²) < 4.78 is 5.38. The molecular formula is C14H23N4O2+. The van der Waals surface area contributed by atoms with E-state index in [-0.39, 0.29) is 6.09 Å². The maximum absolute atomic E-state index is 12.0. The molecule has 2 rings (SSSR count). The van der Waals surface area contributed by atoms with Gasteiger partial charge in [0.15, 0.2) is 0 Å². The van der Waals surface area contributed by atoms with Crippen LogP contribution in [-0.2, 0) is 4.74 Å². The van der Waals surface area contributed by atoms with E-state index in [9.17, 15) is 4.79 Å². The van der Waals surface area contributed by atoms with Gasteiger partial charge in [-0.1, -0.05) is 0 Å². The van der Waals surface area contributed by atoms with Crippen molar-refractivity contribution in [3.8, 4) is 0 Å². The minimum absolute atomic E-state index is 0.248. The van der Waals surface area contributed by atoms with Crippen LogP contribution in [0.3, 0.4) is 0 Å². The molecule has 1 aliphatic heterocycles. The summed E-state index contributed by atoms with van der Waals surface area (Å²) in [5.41, 5.74) is 6.22. The van der Waals surface area contributed by atoms with Crippen LogP contribution in [-0.4, -0.2) is 42.8 Å². The van der Waals surface area contributed by atoms with Crippen molar-refractivity contribution >= 4 is 17.6 Å². The Balaban J connectivity index is 1.93. The van der Waals surface area contributed by atoms with Crippen molar-refractivity contribution in [3.63, 3.8) is 0 Å². The number of hydrogen-bond acceptors (Lipinski definition) is 4. The summed E-state index contributed by atoms with van der Waals surface area (Å²) in [7, 11) is 0. The zero-order valence-electron chi connectivity index (χ0n) is 12.3. The number of piperazine rings is 1. The molecule has 0 bridgehead atoms. The molecule has 0 saturated carbocycles. The summed E-state index contributed by atoms with van der Waals surface area (Å²) in [6, 6.07) is 3.74. The highest BCUT2D eigenvalue weighted by Gasteiger charge is 2.30. The van der Waals surface area contributed by atoms with Crippen molar-refractivity contribution in [2.75, 3.05) is 36.8 Å². The Hall–Kier alpha value is -1.98. The first-order valence-electron chi connectivity index (χ1n) is 6.86. The number of aromatic nitrogens is 1. The zero-order valence-corrected chi connectivity index (χ0v) is 12.3. The molecule has 1 aromatic heterocycles. The SMILES string of the molecule is CC(C)(C)OC(=O)N1CCN(c2[nH+]cccc2N)CC1. The Morgan fingerprint density at radius 2 is 1.95 bits per heavy atom. The van der Waals surface area contributed by atoms with Gasteiger partial charge in [-0.15, -0.1) is 0 Å². The highest BCUT2D eigenvalue weighted by molar-refractivity contribution is 5.69. The summed E-state index contributed by atoms with van der Waals surface area (Å²) in [6.07, 6.45) is 1.61. The van der Waals surface area contributed by atoms with E-state index in [0.717, 1.165) is 24.6 Å². The highest BCUT2D eigenvalue weighted by atomic mass is 16.6. The van der Waals surface area contributed by atoms with Crippen molar-refractivity contribution in [2.24, 2.45) is 0 Å². The van der Waals surface area contributed by atoms with Gasteiger partial charge in [-0.3, -0.25) is 4.90 Å². The van der Waals surface area contributed by atoms with Crippen LogP contribution >= 0.6 is 0 Å². The number of aromatic amines is 1. The molecule has 0 radical (unpaired) electrons. The third-order valence-corrected chi connectivity index (χ3v) is 3.11. The van der Waals surface area contributed by atoms with Crippen LogP contribution in [0.2, 0.25) is 0 Å². The Bertz CT molecular complexity index is 476. The Kier molecular flexibility index (Phi) is 4.01. The Morgan fingerprint density at radius 3 is 2.50 bits per heavy atom. The number of H-pyrrole nitrogens is 1. The van der Waals surface area contributed by atoms with Gasteiger partial charge < -0.3 is 15.4 Å². The smallest absolute Gasteiger partial charge is 0.410 e. The summed E-state index contributed by atoms with van der Waals surface area (Å²) >= 11 is 0. The van der Waals surface area contributed by atoms with Crippen LogP contribution in [0, 0.1) is 0 Å². The fourth-order valence-corrected chi connectivity index (χ4v) is 2.15. The van der Waals surface area contributed by atoms with Crippen LogP contribution < -0.4 is 15.6 Å². The average Bonchev–Trinajstić information content (AvgIpc) is 2.37. The van der Waals surface area contributed by atoms with Crippen LogP contribution in [0.25, 0.3) is 0 Å². The average molecular weight is 279 g/mol. The van der Waals surface area contributed by atoms with E-state index in [1.807, 2.05) is 39.1 Å². The lowest BCUT2D eigenvalue weighted by atomic mass is 10.2. The highest BCUT2D eigenvalue weighted by Crippen LogP contribution is 2.18. The van der Waals surface area contributed by atoms with Gasteiger partial charge in [-0.2, -0.15) is 0 Å². The molecule has 1 aliphatic rings. The lowest BCUT2D eigenvalue weighted by molar-refractivity contribution is -0.363. The number of amides is 1. The quantitative estimate of drug-likeness (QED) is 0.836. The Morgan fingerprint density at radius 1 is 1.30 bits per heavy atom. The van der Waals surface area contributed by atoms with Crippen LogP contribution in [0.1, 0.15) is 20.8 Å². The van der Waals surface area contributed by atoms with Crippen molar-refractivity contribution in [1.82, 2.24) is 4.90 Å². The monoisotopic (exact) mass is 279 g/mol. The van der Waals surface area contributed by atoms with Gasteiger partial charge in [0.2, 0.25) is 0 Å². The van der Waals surface area contributed by atoms with Crippen molar-refractivity contribution in [1.29, 1.82) is 0 Å². The first-order valence-corrected chi connectivity index (χ1v) is 6.86. The van der Waals surface area contributed by atoms with E-state index >= 15 is 0 Å². The molecule has 0 spiro atoms. The van der Waals surface area contributed by atoms with E-state index in [4.69, 9.17) is 10.5 Å². The van der Waals surface area contributed by atoms with E-state index in [1.54, 1.807) is 4.90 Å². The van der Waals surface area contributed by atoms with Crippen LogP contribution in [0.5, 0.6) is 0 Å². The predicted molar refractivity (Wildman–Crippen MR) is 77.4 cm³/mol. The molecule has 0 atom stereocenters. The van der Waals surface area contributed by atoms with Gasteiger partial charge in [0.25, 0.3) is 5.82 Å². The zero-order chi connectivity index (χ0) is 14.8. The molecule has 0 unspecified atom stereocenters. The van der Waals surface area contributed by atoms with Crippen molar-refractivity contribution < 1.29 is 14.5 Å². The number of pyridine rings is 1. The lowest BCUT2D eigenvalue weighted by Gasteiger charge is -2.32. The molecule has 1 fully saturated rings. The van der Waals surface area contributed by atoms with Crippen LogP contribution in [0.15, 0.2) is 18.3 Å². The second-order valence-corrected chi connectivity index (χ2v) is 5.93. The minimum Gasteiger partial charge on any atom is -0.444 e. The third kappa shape index (κ3) is 3.53. The number of nitrogens with zero attached hydrogens (tertiary/aromatic N) is 2. The van der Waals surface area contributed by atoms with Crippen molar-refractivity contribution in [2.45, 2.75) is 26.4 Å². The van der Waals surface area contributed by atoms with Gasteiger partial charge in [-0.25, -0.2) is 9.78 Å². The minimum atomic E-state index is -0.453. The second kappa shape index (κ2) is 5.56. The molecule has 110 valence electrons. The number of nitrogens with one attached hydrogen (secondary N) is 1. The number of nitrogen functional groups attached to an aromatic ring is 1. The summed E-state index contributed by atoms with van der Waals surface area (Å²) in [6.45, 7) is 8.38. The lowest BCUT2D eigenvalue weighted by Crippen LogP contribution is -2.51. The topological polar surface area (TPSA) is 72.9 Å². The number of carbonyl (C=O) groups is 1. The van der Waals surface area contributed by atoms with Gasteiger partial charge in [-0.05, 0) is 32.9 Å². The number of ether oxygens (including phenoxy) is 1. The fraction of sp³-hybridized carbons (Fsp3) is 0.571. The molecule has 6 heteroatoms. The van der Waals surface area contributed by atoms with E-state index in [1.165, 1.54) is 0 Å². The van der Waals surface area contributed by atoms with Gasteiger partial charge >= 0.3 is 6.09 Å². The van der Waals surface area contributed by atoms with E-state index < -0.39 is 5.60 Å².